The molecule has 0 radical (unpaired) electrons. The van der Waals surface area contributed by atoms with Crippen molar-refractivity contribution in [3.63, 3.8) is 0 Å². The van der Waals surface area contributed by atoms with Gasteiger partial charge < -0.3 is 20.2 Å². The Morgan fingerprint density at radius 3 is 2.52 bits per heavy atom. The second-order valence-corrected chi connectivity index (χ2v) is 5.87. The zero-order valence-electron chi connectivity index (χ0n) is 13.2. The maximum Gasteiger partial charge on any atom is 0.329 e. The number of amides is 3. The first kappa shape index (κ1) is 17.3. The molecule has 0 aromatic carbocycles. The largest absolute Gasteiger partial charge is 0.480 e. The Morgan fingerprint density at radius 1 is 1.38 bits per heavy atom. The van der Waals surface area contributed by atoms with Gasteiger partial charge in [0.1, 0.15) is 5.54 Å². The number of carbonyl (C=O) groups excluding carboxylic acids is 2. The lowest BCUT2D eigenvalue weighted by Gasteiger charge is -2.43. The maximum atomic E-state index is 12.5. The molecule has 0 aromatic rings. The molecule has 1 rings (SSSR count). The van der Waals surface area contributed by atoms with Crippen molar-refractivity contribution in [1.29, 1.82) is 0 Å². The number of hydrogen-bond donors (Lipinski definition) is 2. The summed E-state index contributed by atoms with van der Waals surface area (Å²) in [7, 11) is 3.14. The van der Waals surface area contributed by atoms with Crippen LogP contribution in [0.4, 0.5) is 4.79 Å². The predicted molar refractivity (Wildman–Crippen MR) is 77.9 cm³/mol. The SMILES string of the molecule is CNC(=O)C(C)CN(C)C(=O)N1CCCCC1(C)C(=O)O. The van der Waals surface area contributed by atoms with Gasteiger partial charge in [-0.1, -0.05) is 6.92 Å². The van der Waals surface area contributed by atoms with Gasteiger partial charge in [0, 0.05) is 27.2 Å². The molecule has 1 saturated heterocycles. The molecular weight excluding hydrogens is 274 g/mol. The molecule has 1 aliphatic rings. The van der Waals surface area contributed by atoms with Crippen LogP contribution in [0.1, 0.15) is 33.1 Å². The van der Waals surface area contributed by atoms with Gasteiger partial charge in [-0.3, -0.25) is 4.79 Å². The minimum Gasteiger partial charge on any atom is -0.480 e. The molecule has 0 aliphatic carbocycles. The number of aliphatic carboxylic acids is 1. The van der Waals surface area contributed by atoms with Crippen molar-refractivity contribution in [3.8, 4) is 0 Å². The molecule has 0 spiro atoms. The fraction of sp³-hybridized carbons (Fsp3) is 0.786. The van der Waals surface area contributed by atoms with Crippen molar-refractivity contribution in [1.82, 2.24) is 15.1 Å². The van der Waals surface area contributed by atoms with Crippen molar-refractivity contribution in [2.24, 2.45) is 5.92 Å². The van der Waals surface area contributed by atoms with Crippen LogP contribution in [0.25, 0.3) is 0 Å². The van der Waals surface area contributed by atoms with Crippen molar-refractivity contribution in [2.45, 2.75) is 38.6 Å². The van der Waals surface area contributed by atoms with Gasteiger partial charge in [0.2, 0.25) is 5.91 Å². The topological polar surface area (TPSA) is 90.0 Å². The Bertz CT molecular complexity index is 426. The van der Waals surface area contributed by atoms with Gasteiger partial charge in [-0.2, -0.15) is 0 Å². The van der Waals surface area contributed by atoms with Crippen LogP contribution >= 0.6 is 0 Å². The first-order valence-corrected chi connectivity index (χ1v) is 7.21. The lowest BCUT2D eigenvalue weighted by molar-refractivity contribution is -0.150. The quantitative estimate of drug-likeness (QED) is 0.801. The fourth-order valence-electron chi connectivity index (χ4n) is 2.67. The molecule has 1 heterocycles. The molecule has 0 aromatic heterocycles. The predicted octanol–water partition coefficient (Wildman–Crippen LogP) is 0.750. The molecule has 7 heteroatoms. The monoisotopic (exact) mass is 299 g/mol. The van der Waals surface area contributed by atoms with Crippen molar-refractivity contribution in [2.75, 3.05) is 27.2 Å². The van der Waals surface area contributed by atoms with E-state index in [0.29, 0.717) is 13.0 Å². The van der Waals surface area contributed by atoms with Gasteiger partial charge >= 0.3 is 12.0 Å². The molecule has 1 fully saturated rings. The van der Waals surface area contributed by atoms with Crippen LogP contribution < -0.4 is 5.32 Å². The first-order chi connectivity index (χ1) is 9.74. The second kappa shape index (κ2) is 6.78. The van der Waals surface area contributed by atoms with Crippen LogP contribution in [0.15, 0.2) is 0 Å². The van der Waals surface area contributed by atoms with Crippen LogP contribution in [0.2, 0.25) is 0 Å². The van der Waals surface area contributed by atoms with Gasteiger partial charge in [-0.15, -0.1) is 0 Å². The molecular formula is C14H25N3O4. The second-order valence-electron chi connectivity index (χ2n) is 5.87. The Balaban J connectivity index is 2.80. The number of carbonyl (C=O) groups is 3. The first-order valence-electron chi connectivity index (χ1n) is 7.21. The van der Waals surface area contributed by atoms with Gasteiger partial charge in [0.15, 0.2) is 0 Å². The van der Waals surface area contributed by atoms with Crippen LogP contribution in [0.5, 0.6) is 0 Å². The lowest BCUT2D eigenvalue weighted by Crippen LogP contribution is -2.60. The number of carboxylic acids is 1. The molecule has 2 N–H and O–H groups in total. The maximum absolute atomic E-state index is 12.5. The summed E-state index contributed by atoms with van der Waals surface area (Å²) < 4.78 is 0. The molecule has 3 amide bonds. The summed E-state index contributed by atoms with van der Waals surface area (Å²) in [6.45, 7) is 4.00. The summed E-state index contributed by atoms with van der Waals surface area (Å²) in [5.74, 6) is -1.47. The number of piperidine rings is 1. The lowest BCUT2D eigenvalue weighted by atomic mass is 9.89. The van der Waals surface area contributed by atoms with Crippen molar-refractivity contribution in [3.05, 3.63) is 0 Å². The van der Waals surface area contributed by atoms with Crippen molar-refractivity contribution >= 4 is 17.9 Å². The van der Waals surface area contributed by atoms with Gasteiger partial charge in [-0.05, 0) is 26.2 Å². The summed E-state index contributed by atoms with van der Waals surface area (Å²) >= 11 is 0. The fourth-order valence-corrected chi connectivity index (χ4v) is 2.67. The molecule has 21 heavy (non-hydrogen) atoms. The average Bonchev–Trinajstić information content (AvgIpc) is 2.45. The molecule has 1 aliphatic heterocycles. The number of carboxylic acid groups (broad SMARTS) is 1. The third-order valence-electron chi connectivity index (χ3n) is 4.15. The standard InChI is InChI=1S/C14H25N3O4/c1-10(11(18)15-3)9-16(4)13(21)17-8-6-5-7-14(17,2)12(19)20/h10H,5-9H2,1-4H3,(H,15,18)(H,19,20). The Hall–Kier alpha value is -1.79. The van der Waals surface area contributed by atoms with E-state index in [0.717, 1.165) is 12.8 Å². The summed E-state index contributed by atoms with van der Waals surface area (Å²) in [6.07, 6.45) is 2.05. The zero-order chi connectivity index (χ0) is 16.2. The number of hydrogen-bond acceptors (Lipinski definition) is 3. The number of nitrogens with one attached hydrogen (secondary N) is 1. The van der Waals surface area contributed by atoms with Gasteiger partial charge in [0.25, 0.3) is 0 Å². The van der Waals surface area contributed by atoms with Crippen LogP contribution in [-0.2, 0) is 9.59 Å². The highest BCUT2D eigenvalue weighted by Crippen LogP contribution is 2.29. The Morgan fingerprint density at radius 2 is 2.00 bits per heavy atom. The normalized spacial score (nSPS) is 23.3. The summed E-state index contributed by atoms with van der Waals surface area (Å²) in [5, 5.41) is 12.0. The van der Waals surface area contributed by atoms with E-state index < -0.39 is 11.5 Å². The summed E-state index contributed by atoms with van der Waals surface area (Å²) in [5.41, 5.74) is -1.17. The molecule has 2 unspecified atom stereocenters. The van der Waals surface area contributed by atoms with E-state index in [2.05, 4.69) is 5.32 Å². The Labute approximate surface area is 125 Å². The third kappa shape index (κ3) is 3.65. The third-order valence-corrected chi connectivity index (χ3v) is 4.15. The highest BCUT2D eigenvalue weighted by atomic mass is 16.4. The smallest absolute Gasteiger partial charge is 0.329 e. The summed E-state index contributed by atoms with van der Waals surface area (Å²) in [4.78, 5) is 38.4. The van der Waals surface area contributed by atoms with Gasteiger partial charge in [-0.25, -0.2) is 9.59 Å². The highest BCUT2D eigenvalue weighted by Gasteiger charge is 2.44. The number of rotatable bonds is 4. The van der Waals surface area contributed by atoms with Gasteiger partial charge in [0.05, 0.1) is 5.92 Å². The van der Waals surface area contributed by atoms with Crippen LogP contribution in [-0.4, -0.2) is 65.5 Å². The molecule has 0 saturated carbocycles. The summed E-state index contributed by atoms with van der Waals surface area (Å²) in [6, 6.07) is -0.338. The van der Waals surface area contributed by atoms with Crippen molar-refractivity contribution < 1.29 is 19.5 Å². The van der Waals surface area contributed by atoms with E-state index in [1.807, 2.05) is 0 Å². The average molecular weight is 299 g/mol. The number of nitrogens with zero attached hydrogens (tertiary/aromatic N) is 2. The number of urea groups is 1. The minimum atomic E-state index is -1.17. The van der Waals surface area contributed by atoms with Crippen LogP contribution in [0.3, 0.4) is 0 Å². The van der Waals surface area contributed by atoms with E-state index in [4.69, 9.17) is 0 Å². The van der Waals surface area contributed by atoms with E-state index in [1.54, 1.807) is 27.9 Å². The van der Waals surface area contributed by atoms with E-state index >= 15 is 0 Å². The molecule has 2 atom stereocenters. The molecule has 7 nitrogen and oxygen atoms in total. The van der Waals surface area contributed by atoms with E-state index in [9.17, 15) is 19.5 Å². The minimum absolute atomic E-state index is 0.144. The van der Waals surface area contributed by atoms with E-state index in [1.165, 1.54) is 9.80 Å². The molecule has 120 valence electrons. The van der Waals surface area contributed by atoms with E-state index in [-0.39, 0.29) is 24.4 Å². The number of likely N-dealkylation sites (tertiary alicyclic amines) is 1. The highest BCUT2D eigenvalue weighted by molar-refractivity contribution is 5.86. The Kier molecular flexibility index (Phi) is 5.57. The van der Waals surface area contributed by atoms with Crippen LogP contribution in [0, 0.1) is 5.92 Å². The zero-order valence-corrected chi connectivity index (χ0v) is 13.2. The molecule has 0 bridgehead atoms.